The first-order chi connectivity index (χ1) is 9.13. The molecule has 3 rings (SSSR count). The van der Waals surface area contributed by atoms with Crippen LogP contribution in [0.2, 0.25) is 5.15 Å². The molecule has 0 fully saturated rings. The van der Waals surface area contributed by atoms with Crippen LogP contribution in [0.25, 0.3) is 0 Å². The summed E-state index contributed by atoms with van der Waals surface area (Å²) in [5.41, 5.74) is 0.466. The van der Waals surface area contributed by atoms with Gasteiger partial charge in [0.1, 0.15) is 17.7 Å². The number of hydrogen-bond acceptors (Lipinski definition) is 3. The van der Waals surface area contributed by atoms with Crippen LogP contribution in [0, 0.1) is 5.82 Å². The average molecular weight is 281 g/mol. The fraction of sp³-hybridized carbons (Fsp3) is 0.231. The summed E-state index contributed by atoms with van der Waals surface area (Å²) < 4.78 is 20.2. The molecule has 0 saturated carbocycles. The van der Waals surface area contributed by atoms with Crippen molar-refractivity contribution in [3.63, 3.8) is 0 Å². The first kappa shape index (κ1) is 12.2. The maximum Gasteiger partial charge on any atom is 0.288 e. The second kappa shape index (κ2) is 4.66. The fourth-order valence-corrected chi connectivity index (χ4v) is 2.34. The van der Waals surface area contributed by atoms with Gasteiger partial charge < -0.3 is 9.30 Å². The maximum absolute atomic E-state index is 13.1. The lowest BCUT2D eigenvalue weighted by molar-refractivity contribution is 0.207. The van der Waals surface area contributed by atoms with Crippen LogP contribution in [0.15, 0.2) is 35.4 Å². The Labute approximate surface area is 113 Å². The zero-order valence-electron chi connectivity index (χ0n) is 9.85. The molecule has 0 bridgehead atoms. The predicted octanol–water partition coefficient (Wildman–Crippen LogP) is 2.04. The third-order valence-electron chi connectivity index (χ3n) is 3.04. The van der Waals surface area contributed by atoms with E-state index >= 15 is 0 Å². The van der Waals surface area contributed by atoms with Gasteiger partial charge in [0.2, 0.25) is 0 Å². The third-order valence-corrected chi connectivity index (χ3v) is 3.30. The largest absolute Gasteiger partial charge is 0.488 e. The number of fused-ring (bicyclic) bond motifs is 1. The predicted molar refractivity (Wildman–Crippen MR) is 68.0 cm³/mol. The van der Waals surface area contributed by atoms with E-state index in [0.29, 0.717) is 18.7 Å². The smallest absolute Gasteiger partial charge is 0.288 e. The SMILES string of the molecule is O=c1c(Cl)nccn1CC1Cc2cc(F)ccc2O1. The molecule has 1 aromatic heterocycles. The summed E-state index contributed by atoms with van der Waals surface area (Å²) in [6.45, 7) is 0.359. The van der Waals surface area contributed by atoms with Crippen molar-refractivity contribution < 1.29 is 9.13 Å². The second-order valence-corrected chi connectivity index (χ2v) is 4.73. The summed E-state index contributed by atoms with van der Waals surface area (Å²) in [7, 11) is 0. The Morgan fingerprint density at radius 1 is 1.53 bits per heavy atom. The number of aromatic nitrogens is 2. The molecule has 2 heterocycles. The lowest BCUT2D eigenvalue weighted by atomic mass is 10.1. The minimum Gasteiger partial charge on any atom is -0.488 e. The highest BCUT2D eigenvalue weighted by Crippen LogP contribution is 2.29. The number of halogens is 2. The minimum absolute atomic E-state index is 0.0657. The Kier molecular flexibility index (Phi) is 2.98. The molecule has 1 aromatic carbocycles. The van der Waals surface area contributed by atoms with Gasteiger partial charge in [0.05, 0.1) is 6.54 Å². The zero-order chi connectivity index (χ0) is 13.4. The van der Waals surface area contributed by atoms with Crippen molar-refractivity contribution in [3.05, 3.63) is 57.5 Å². The molecule has 4 nitrogen and oxygen atoms in total. The molecule has 0 radical (unpaired) electrons. The molecule has 0 amide bonds. The molecule has 6 heteroatoms. The van der Waals surface area contributed by atoms with Gasteiger partial charge in [-0.1, -0.05) is 11.6 Å². The highest BCUT2D eigenvalue weighted by molar-refractivity contribution is 6.29. The molecule has 1 unspecified atom stereocenters. The van der Waals surface area contributed by atoms with Crippen molar-refractivity contribution in [1.82, 2.24) is 9.55 Å². The van der Waals surface area contributed by atoms with Gasteiger partial charge >= 0.3 is 0 Å². The van der Waals surface area contributed by atoms with E-state index in [1.807, 2.05) is 0 Å². The van der Waals surface area contributed by atoms with Crippen LogP contribution in [0.3, 0.4) is 0 Å². The van der Waals surface area contributed by atoms with Gasteiger partial charge in [-0.15, -0.1) is 0 Å². The van der Waals surface area contributed by atoms with Crippen LogP contribution in [-0.2, 0) is 13.0 Å². The lowest BCUT2D eigenvalue weighted by Gasteiger charge is -2.12. The fourth-order valence-electron chi connectivity index (χ4n) is 2.17. The molecule has 98 valence electrons. The van der Waals surface area contributed by atoms with E-state index < -0.39 is 0 Å². The van der Waals surface area contributed by atoms with E-state index in [-0.39, 0.29) is 22.6 Å². The van der Waals surface area contributed by atoms with E-state index in [2.05, 4.69) is 4.98 Å². The molecule has 1 atom stereocenters. The quantitative estimate of drug-likeness (QED) is 0.845. The van der Waals surface area contributed by atoms with Crippen LogP contribution >= 0.6 is 11.6 Å². The Morgan fingerprint density at radius 2 is 2.37 bits per heavy atom. The molecule has 0 saturated heterocycles. The van der Waals surface area contributed by atoms with Gasteiger partial charge in [0.15, 0.2) is 5.15 Å². The lowest BCUT2D eigenvalue weighted by Crippen LogP contribution is -2.29. The summed E-state index contributed by atoms with van der Waals surface area (Å²) in [6.07, 6.45) is 3.39. The van der Waals surface area contributed by atoms with Gasteiger partial charge in [-0.3, -0.25) is 4.79 Å². The molecule has 0 N–H and O–H groups in total. The van der Waals surface area contributed by atoms with Gasteiger partial charge in [0.25, 0.3) is 5.56 Å². The highest BCUT2D eigenvalue weighted by Gasteiger charge is 2.24. The van der Waals surface area contributed by atoms with E-state index in [1.165, 1.54) is 22.9 Å². The zero-order valence-corrected chi connectivity index (χ0v) is 10.6. The number of benzene rings is 1. The number of nitrogens with zero attached hydrogens (tertiary/aromatic N) is 2. The maximum atomic E-state index is 13.1. The van der Waals surface area contributed by atoms with Gasteiger partial charge in [-0.2, -0.15) is 0 Å². The number of hydrogen-bond donors (Lipinski definition) is 0. The van der Waals surface area contributed by atoms with Crippen LogP contribution in [0.4, 0.5) is 4.39 Å². The van der Waals surface area contributed by atoms with Crippen molar-refractivity contribution in [1.29, 1.82) is 0 Å². The highest BCUT2D eigenvalue weighted by atomic mass is 35.5. The Balaban J connectivity index is 1.81. The molecule has 19 heavy (non-hydrogen) atoms. The van der Waals surface area contributed by atoms with E-state index in [1.54, 1.807) is 12.3 Å². The molecule has 0 aliphatic carbocycles. The van der Waals surface area contributed by atoms with Crippen molar-refractivity contribution >= 4 is 11.6 Å². The van der Waals surface area contributed by atoms with Crippen LogP contribution in [0.1, 0.15) is 5.56 Å². The third kappa shape index (κ3) is 2.33. The molecular formula is C13H10ClFN2O2. The Hall–Kier alpha value is -1.88. The van der Waals surface area contributed by atoms with Crippen molar-refractivity contribution in [2.75, 3.05) is 0 Å². The summed E-state index contributed by atoms with van der Waals surface area (Å²) in [5, 5.41) is -0.0657. The van der Waals surface area contributed by atoms with Crippen molar-refractivity contribution in [3.8, 4) is 5.75 Å². The molecule has 2 aromatic rings. The van der Waals surface area contributed by atoms with Crippen LogP contribution in [0.5, 0.6) is 5.75 Å². The summed E-state index contributed by atoms with van der Waals surface area (Å²) >= 11 is 5.67. The first-order valence-corrected chi connectivity index (χ1v) is 6.17. The minimum atomic E-state index is -0.352. The standard InChI is InChI=1S/C13H10ClFN2O2/c14-12-13(18)17(4-3-16-12)7-10-6-8-5-9(15)1-2-11(8)19-10/h1-5,10H,6-7H2. The number of ether oxygens (including phenoxy) is 1. The van der Waals surface area contributed by atoms with Crippen LogP contribution < -0.4 is 10.3 Å². The molecular weight excluding hydrogens is 271 g/mol. The Bertz CT molecular complexity index is 687. The Morgan fingerprint density at radius 3 is 3.21 bits per heavy atom. The monoisotopic (exact) mass is 280 g/mol. The first-order valence-electron chi connectivity index (χ1n) is 5.79. The summed E-state index contributed by atoms with van der Waals surface area (Å²) in [5.74, 6) is 0.381. The van der Waals surface area contributed by atoms with E-state index in [4.69, 9.17) is 16.3 Å². The summed E-state index contributed by atoms with van der Waals surface area (Å²) in [6, 6.07) is 4.42. The average Bonchev–Trinajstić information content (AvgIpc) is 2.76. The number of rotatable bonds is 2. The van der Waals surface area contributed by atoms with Gasteiger partial charge in [-0.25, -0.2) is 9.37 Å². The normalized spacial score (nSPS) is 17.1. The molecule has 1 aliphatic heterocycles. The van der Waals surface area contributed by atoms with Crippen molar-refractivity contribution in [2.24, 2.45) is 0 Å². The van der Waals surface area contributed by atoms with E-state index in [9.17, 15) is 9.18 Å². The second-order valence-electron chi connectivity index (χ2n) is 4.37. The summed E-state index contributed by atoms with van der Waals surface area (Å²) in [4.78, 5) is 15.4. The van der Waals surface area contributed by atoms with Gasteiger partial charge in [-0.05, 0) is 18.2 Å². The van der Waals surface area contributed by atoms with E-state index in [0.717, 1.165) is 5.56 Å². The van der Waals surface area contributed by atoms with Crippen LogP contribution in [-0.4, -0.2) is 15.7 Å². The topological polar surface area (TPSA) is 44.1 Å². The van der Waals surface area contributed by atoms with Gasteiger partial charge in [0, 0.05) is 24.4 Å². The molecule has 1 aliphatic rings. The molecule has 0 spiro atoms. The van der Waals surface area contributed by atoms with Crippen molar-refractivity contribution in [2.45, 2.75) is 19.1 Å².